The standard InChI is InChI=1S/C16H22BrFN2O/c17-14-8-13(18)5-4-12(14)10-20-15(21)9-16(11-19)6-2-1-3-7-16/h4-5,8H,1-3,6-7,9-11,19H2,(H,20,21). The molecule has 0 radical (unpaired) electrons. The highest BCUT2D eigenvalue weighted by molar-refractivity contribution is 9.10. The van der Waals surface area contributed by atoms with E-state index < -0.39 is 0 Å². The van der Waals surface area contributed by atoms with Crippen molar-refractivity contribution in [3.05, 3.63) is 34.1 Å². The topological polar surface area (TPSA) is 55.1 Å². The van der Waals surface area contributed by atoms with Crippen molar-refractivity contribution >= 4 is 21.8 Å². The molecule has 21 heavy (non-hydrogen) atoms. The van der Waals surface area contributed by atoms with Gasteiger partial charge in [-0.2, -0.15) is 0 Å². The van der Waals surface area contributed by atoms with Gasteiger partial charge in [0.05, 0.1) is 0 Å². The molecule has 0 unspecified atom stereocenters. The summed E-state index contributed by atoms with van der Waals surface area (Å²) in [5, 5.41) is 2.92. The smallest absolute Gasteiger partial charge is 0.220 e. The van der Waals surface area contributed by atoms with E-state index in [4.69, 9.17) is 5.73 Å². The summed E-state index contributed by atoms with van der Waals surface area (Å²) in [4.78, 5) is 12.2. The number of carbonyl (C=O) groups is 1. The molecule has 0 aromatic heterocycles. The van der Waals surface area contributed by atoms with Crippen LogP contribution in [0.3, 0.4) is 0 Å². The first-order chi connectivity index (χ1) is 10.0. The van der Waals surface area contributed by atoms with Gasteiger partial charge in [-0.05, 0) is 42.5 Å². The summed E-state index contributed by atoms with van der Waals surface area (Å²) in [6, 6.07) is 4.48. The van der Waals surface area contributed by atoms with E-state index in [1.54, 1.807) is 6.07 Å². The second-order valence-electron chi connectivity index (χ2n) is 5.95. The molecule has 0 bridgehead atoms. The van der Waals surface area contributed by atoms with Crippen molar-refractivity contribution in [3.63, 3.8) is 0 Å². The Hall–Kier alpha value is -0.940. The Bertz CT molecular complexity index is 501. The summed E-state index contributed by atoms with van der Waals surface area (Å²) in [5.41, 5.74) is 6.75. The van der Waals surface area contributed by atoms with Gasteiger partial charge in [0.2, 0.25) is 5.91 Å². The van der Waals surface area contributed by atoms with Crippen LogP contribution in [-0.2, 0) is 11.3 Å². The third-order valence-electron chi connectivity index (χ3n) is 4.37. The highest BCUT2D eigenvalue weighted by Crippen LogP contribution is 2.38. The zero-order valence-electron chi connectivity index (χ0n) is 12.1. The minimum absolute atomic E-state index is 0.0254. The van der Waals surface area contributed by atoms with Crippen LogP contribution >= 0.6 is 15.9 Å². The van der Waals surface area contributed by atoms with Crippen molar-refractivity contribution in [2.45, 2.75) is 45.1 Å². The van der Waals surface area contributed by atoms with Crippen LogP contribution in [-0.4, -0.2) is 12.5 Å². The number of hydrogen-bond donors (Lipinski definition) is 2. The van der Waals surface area contributed by atoms with Crippen LogP contribution in [0.4, 0.5) is 4.39 Å². The van der Waals surface area contributed by atoms with E-state index in [1.165, 1.54) is 18.6 Å². The fraction of sp³-hybridized carbons (Fsp3) is 0.562. The van der Waals surface area contributed by atoms with E-state index in [0.29, 0.717) is 24.0 Å². The molecule has 2 rings (SSSR count). The molecular formula is C16H22BrFN2O. The van der Waals surface area contributed by atoms with Gasteiger partial charge in [-0.25, -0.2) is 4.39 Å². The number of halogens is 2. The Labute approximate surface area is 133 Å². The van der Waals surface area contributed by atoms with Crippen molar-refractivity contribution < 1.29 is 9.18 Å². The van der Waals surface area contributed by atoms with Crippen molar-refractivity contribution in [2.75, 3.05) is 6.54 Å². The Morgan fingerprint density at radius 1 is 1.33 bits per heavy atom. The molecule has 1 aromatic carbocycles. The second-order valence-corrected chi connectivity index (χ2v) is 6.81. The second kappa shape index (κ2) is 7.36. The molecule has 0 heterocycles. The molecule has 0 saturated heterocycles. The number of nitrogens with one attached hydrogen (secondary N) is 1. The number of carbonyl (C=O) groups excluding carboxylic acids is 1. The number of rotatable bonds is 5. The highest BCUT2D eigenvalue weighted by atomic mass is 79.9. The van der Waals surface area contributed by atoms with Crippen molar-refractivity contribution in [1.29, 1.82) is 0 Å². The van der Waals surface area contributed by atoms with Crippen LogP contribution in [0.25, 0.3) is 0 Å². The van der Waals surface area contributed by atoms with Gasteiger partial charge in [-0.1, -0.05) is 41.3 Å². The Morgan fingerprint density at radius 2 is 2.05 bits per heavy atom. The summed E-state index contributed by atoms with van der Waals surface area (Å²) in [6.07, 6.45) is 6.13. The summed E-state index contributed by atoms with van der Waals surface area (Å²) in [7, 11) is 0. The van der Waals surface area contributed by atoms with E-state index in [2.05, 4.69) is 21.2 Å². The summed E-state index contributed by atoms with van der Waals surface area (Å²) >= 11 is 3.31. The summed E-state index contributed by atoms with van der Waals surface area (Å²) in [6.45, 7) is 0.973. The first-order valence-electron chi connectivity index (χ1n) is 7.45. The van der Waals surface area contributed by atoms with Crippen molar-refractivity contribution in [1.82, 2.24) is 5.32 Å². The lowest BCUT2D eigenvalue weighted by atomic mass is 9.71. The fourth-order valence-corrected chi connectivity index (χ4v) is 3.51. The monoisotopic (exact) mass is 356 g/mol. The summed E-state index contributed by atoms with van der Waals surface area (Å²) < 4.78 is 13.7. The lowest BCUT2D eigenvalue weighted by Gasteiger charge is -2.35. The van der Waals surface area contributed by atoms with Gasteiger partial charge in [0.15, 0.2) is 0 Å². The Balaban J connectivity index is 1.89. The third kappa shape index (κ3) is 4.51. The number of amides is 1. The van der Waals surface area contributed by atoms with Gasteiger partial charge < -0.3 is 11.1 Å². The minimum atomic E-state index is -0.291. The Morgan fingerprint density at radius 3 is 2.67 bits per heavy atom. The molecular weight excluding hydrogens is 335 g/mol. The van der Waals surface area contributed by atoms with Crippen LogP contribution in [0.2, 0.25) is 0 Å². The molecule has 1 saturated carbocycles. The van der Waals surface area contributed by atoms with Crippen LogP contribution < -0.4 is 11.1 Å². The summed E-state index contributed by atoms with van der Waals surface area (Å²) in [5.74, 6) is -0.264. The van der Waals surface area contributed by atoms with E-state index in [9.17, 15) is 9.18 Å². The number of nitrogens with two attached hydrogens (primary N) is 1. The first-order valence-corrected chi connectivity index (χ1v) is 8.25. The molecule has 116 valence electrons. The van der Waals surface area contributed by atoms with Crippen LogP contribution in [0.15, 0.2) is 22.7 Å². The molecule has 1 aliphatic rings. The van der Waals surface area contributed by atoms with Gasteiger partial charge in [-0.15, -0.1) is 0 Å². The maximum absolute atomic E-state index is 13.0. The lowest BCUT2D eigenvalue weighted by molar-refractivity contribution is -0.124. The number of hydrogen-bond acceptors (Lipinski definition) is 2. The predicted octanol–water partition coefficient (Wildman–Crippen LogP) is 3.50. The Kier molecular flexibility index (Phi) is 5.76. The molecule has 1 aromatic rings. The van der Waals surface area contributed by atoms with E-state index >= 15 is 0 Å². The zero-order valence-corrected chi connectivity index (χ0v) is 13.7. The maximum atomic E-state index is 13.0. The van der Waals surface area contributed by atoms with Gasteiger partial charge in [0.25, 0.3) is 0 Å². The largest absolute Gasteiger partial charge is 0.352 e. The molecule has 3 nitrogen and oxygen atoms in total. The van der Waals surface area contributed by atoms with Gasteiger partial charge in [-0.3, -0.25) is 4.79 Å². The van der Waals surface area contributed by atoms with Gasteiger partial charge in [0.1, 0.15) is 5.82 Å². The van der Waals surface area contributed by atoms with Gasteiger partial charge in [0, 0.05) is 17.4 Å². The van der Waals surface area contributed by atoms with E-state index in [-0.39, 0.29) is 17.1 Å². The first kappa shape index (κ1) is 16.4. The van der Waals surface area contributed by atoms with Crippen LogP contribution in [0, 0.1) is 11.2 Å². The fourth-order valence-electron chi connectivity index (χ4n) is 3.02. The normalized spacial score (nSPS) is 17.5. The van der Waals surface area contributed by atoms with Gasteiger partial charge >= 0.3 is 0 Å². The molecule has 0 spiro atoms. The highest BCUT2D eigenvalue weighted by Gasteiger charge is 2.32. The number of benzene rings is 1. The molecule has 0 atom stereocenters. The molecule has 1 amide bonds. The van der Waals surface area contributed by atoms with Crippen LogP contribution in [0.1, 0.15) is 44.1 Å². The molecule has 0 aliphatic heterocycles. The average Bonchev–Trinajstić information content (AvgIpc) is 2.47. The lowest BCUT2D eigenvalue weighted by Crippen LogP contribution is -2.38. The zero-order chi connectivity index (χ0) is 15.3. The van der Waals surface area contributed by atoms with E-state index in [1.807, 2.05) is 0 Å². The maximum Gasteiger partial charge on any atom is 0.220 e. The average molecular weight is 357 g/mol. The minimum Gasteiger partial charge on any atom is -0.352 e. The quantitative estimate of drug-likeness (QED) is 0.848. The van der Waals surface area contributed by atoms with Crippen LogP contribution in [0.5, 0.6) is 0 Å². The van der Waals surface area contributed by atoms with Crippen molar-refractivity contribution in [3.8, 4) is 0 Å². The van der Waals surface area contributed by atoms with Crippen molar-refractivity contribution in [2.24, 2.45) is 11.1 Å². The molecule has 1 fully saturated rings. The predicted molar refractivity (Wildman–Crippen MR) is 85.1 cm³/mol. The molecule has 5 heteroatoms. The third-order valence-corrected chi connectivity index (χ3v) is 5.11. The molecule has 3 N–H and O–H groups in total. The SMILES string of the molecule is NCC1(CC(=O)NCc2ccc(F)cc2Br)CCCCC1. The van der Waals surface area contributed by atoms with E-state index in [0.717, 1.165) is 31.2 Å². The molecule has 1 aliphatic carbocycles.